The molecule has 0 bridgehead atoms. The van der Waals surface area contributed by atoms with Crippen LogP contribution < -0.4 is 0 Å². The van der Waals surface area contributed by atoms with Crippen molar-refractivity contribution >= 4 is 12.1 Å². The number of nitrogens with zero attached hydrogens (tertiary/aromatic N) is 1. The molecule has 1 saturated heterocycles. The molecule has 0 radical (unpaired) electrons. The molecule has 1 heterocycles. The smallest absolute Gasteiger partial charge is 0.411 e. The number of benzene rings is 1. The van der Waals surface area contributed by atoms with E-state index in [4.69, 9.17) is 9.84 Å². The van der Waals surface area contributed by atoms with Gasteiger partial charge in [-0.3, -0.25) is 4.90 Å². The summed E-state index contributed by atoms with van der Waals surface area (Å²) >= 11 is 0. The van der Waals surface area contributed by atoms with Gasteiger partial charge in [0, 0.05) is 0 Å². The third kappa shape index (κ3) is 2.22. The summed E-state index contributed by atoms with van der Waals surface area (Å²) in [4.78, 5) is 23.6. The van der Waals surface area contributed by atoms with Crippen LogP contribution >= 0.6 is 0 Å². The summed E-state index contributed by atoms with van der Waals surface area (Å²) in [5.74, 6) is -1.01. The van der Waals surface area contributed by atoms with Gasteiger partial charge < -0.3 is 9.84 Å². The Kier molecular flexibility index (Phi) is 2.75. The predicted octanol–water partition coefficient (Wildman–Crippen LogP) is 1.48. The number of carboxylic acids is 1. The minimum atomic E-state index is -1.09. The Morgan fingerprint density at radius 2 is 2.06 bits per heavy atom. The van der Waals surface area contributed by atoms with Crippen LogP contribution in [-0.4, -0.2) is 34.2 Å². The fraction of sp³-hybridized carbons (Fsp3) is 0.333. The van der Waals surface area contributed by atoms with Gasteiger partial charge in [-0.2, -0.15) is 0 Å². The van der Waals surface area contributed by atoms with Crippen molar-refractivity contribution < 1.29 is 19.4 Å². The Labute approximate surface area is 98.6 Å². The van der Waals surface area contributed by atoms with Crippen LogP contribution in [0.2, 0.25) is 0 Å². The lowest BCUT2D eigenvalue weighted by molar-refractivity contribution is -0.140. The quantitative estimate of drug-likeness (QED) is 0.806. The minimum absolute atomic E-state index is 0.159. The molecule has 1 aliphatic heterocycles. The van der Waals surface area contributed by atoms with E-state index < -0.39 is 17.6 Å². The largest absolute Gasteiger partial charge is 0.479 e. The van der Waals surface area contributed by atoms with Crippen LogP contribution in [0.15, 0.2) is 30.3 Å². The van der Waals surface area contributed by atoms with Crippen molar-refractivity contribution in [2.75, 3.05) is 6.54 Å². The van der Waals surface area contributed by atoms with Crippen LogP contribution in [0.1, 0.15) is 12.5 Å². The van der Waals surface area contributed by atoms with Crippen molar-refractivity contribution in [2.45, 2.75) is 19.1 Å². The Bertz CT molecular complexity index is 445. The van der Waals surface area contributed by atoms with Crippen LogP contribution in [0.5, 0.6) is 0 Å². The molecule has 0 aliphatic carbocycles. The maximum absolute atomic E-state index is 11.5. The summed E-state index contributed by atoms with van der Waals surface area (Å²) in [7, 11) is 0. The molecule has 1 amide bonds. The number of hydrogen-bond acceptors (Lipinski definition) is 3. The zero-order valence-electron chi connectivity index (χ0n) is 9.42. The second kappa shape index (κ2) is 4.08. The summed E-state index contributed by atoms with van der Waals surface area (Å²) in [6, 6.07) is 9.25. The van der Waals surface area contributed by atoms with Gasteiger partial charge in [0.05, 0.1) is 6.54 Å². The lowest BCUT2D eigenvalue weighted by Gasteiger charge is -2.08. The predicted molar refractivity (Wildman–Crippen MR) is 59.4 cm³/mol. The molecular weight excluding hydrogens is 222 g/mol. The lowest BCUT2D eigenvalue weighted by Crippen LogP contribution is -2.29. The number of carboxylic acid groups (broad SMARTS) is 1. The first-order valence-corrected chi connectivity index (χ1v) is 5.26. The van der Waals surface area contributed by atoms with E-state index in [1.807, 2.05) is 30.3 Å². The highest BCUT2D eigenvalue weighted by molar-refractivity contribution is 5.89. The highest BCUT2D eigenvalue weighted by Gasteiger charge is 2.58. The second-order valence-electron chi connectivity index (χ2n) is 4.21. The Balaban J connectivity index is 1.86. The van der Waals surface area contributed by atoms with Crippen LogP contribution in [0.25, 0.3) is 0 Å². The molecule has 17 heavy (non-hydrogen) atoms. The molecule has 0 aromatic heterocycles. The zero-order valence-corrected chi connectivity index (χ0v) is 9.42. The van der Waals surface area contributed by atoms with Gasteiger partial charge in [0.1, 0.15) is 6.61 Å². The van der Waals surface area contributed by atoms with Crippen molar-refractivity contribution in [3.8, 4) is 0 Å². The highest BCUT2D eigenvalue weighted by Crippen LogP contribution is 2.32. The number of carbonyl (C=O) groups excluding carboxylic acids is 1. The van der Waals surface area contributed by atoms with Crippen molar-refractivity contribution in [3.63, 3.8) is 0 Å². The highest BCUT2D eigenvalue weighted by atomic mass is 16.6. The van der Waals surface area contributed by atoms with Gasteiger partial charge >= 0.3 is 12.1 Å². The van der Waals surface area contributed by atoms with Gasteiger partial charge in [-0.05, 0) is 12.5 Å². The van der Waals surface area contributed by atoms with Crippen LogP contribution in [-0.2, 0) is 16.1 Å². The molecule has 5 nitrogen and oxygen atoms in total. The van der Waals surface area contributed by atoms with E-state index in [-0.39, 0.29) is 13.2 Å². The van der Waals surface area contributed by atoms with Crippen molar-refractivity contribution in [1.29, 1.82) is 0 Å². The number of hydrogen-bond donors (Lipinski definition) is 1. The van der Waals surface area contributed by atoms with E-state index in [9.17, 15) is 9.59 Å². The molecule has 1 aliphatic rings. The van der Waals surface area contributed by atoms with Gasteiger partial charge in [-0.15, -0.1) is 0 Å². The summed E-state index contributed by atoms with van der Waals surface area (Å²) < 4.78 is 5.02. The first-order valence-electron chi connectivity index (χ1n) is 5.26. The zero-order chi connectivity index (χ0) is 12.5. The SMILES string of the molecule is CC1(C(=O)O)CN1C(=O)OCc1ccccc1. The fourth-order valence-electron chi connectivity index (χ4n) is 1.52. The third-order valence-corrected chi connectivity index (χ3v) is 2.84. The normalized spacial score (nSPS) is 22.1. The molecule has 1 N–H and O–H groups in total. The van der Waals surface area contributed by atoms with E-state index in [0.29, 0.717) is 0 Å². The van der Waals surface area contributed by atoms with E-state index in [0.717, 1.165) is 5.56 Å². The lowest BCUT2D eigenvalue weighted by atomic mass is 10.2. The molecule has 2 rings (SSSR count). The van der Waals surface area contributed by atoms with Gasteiger partial charge in [-0.1, -0.05) is 30.3 Å². The maximum Gasteiger partial charge on any atom is 0.411 e. The van der Waals surface area contributed by atoms with E-state index in [1.165, 1.54) is 11.8 Å². The minimum Gasteiger partial charge on any atom is -0.479 e. The molecular formula is C12H13NO4. The molecule has 5 heteroatoms. The molecule has 1 atom stereocenters. The molecule has 1 fully saturated rings. The molecule has 0 saturated carbocycles. The molecule has 90 valence electrons. The van der Waals surface area contributed by atoms with Gasteiger partial charge in [0.15, 0.2) is 5.54 Å². The number of rotatable bonds is 3. The van der Waals surface area contributed by atoms with Crippen LogP contribution in [0.3, 0.4) is 0 Å². The topological polar surface area (TPSA) is 66.6 Å². The molecule has 0 spiro atoms. The van der Waals surface area contributed by atoms with E-state index >= 15 is 0 Å². The number of amides is 1. The monoisotopic (exact) mass is 235 g/mol. The first-order chi connectivity index (χ1) is 8.04. The first kappa shape index (κ1) is 11.4. The standard InChI is InChI=1S/C12H13NO4/c1-12(10(14)15)8-13(12)11(16)17-7-9-5-3-2-4-6-9/h2-6H,7-8H2,1H3,(H,14,15). The van der Waals surface area contributed by atoms with Crippen molar-refractivity contribution in [2.24, 2.45) is 0 Å². The van der Waals surface area contributed by atoms with Gasteiger partial charge in [-0.25, -0.2) is 9.59 Å². The summed E-state index contributed by atoms with van der Waals surface area (Å²) in [6.07, 6.45) is -0.584. The van der Waals surface area contributed by atoms with E-state index in [2.05, 4.69) is 0 Å². The summed E-state index contributed by atoms with van der Waals surface area (Å²) in [5, 5.41) is 8.87. The van der Waals surface area contributed by atoms with Crippen molar-refractivity contribution in [3.05, 3.63) is 35.9 Å². The third-order valence-electron chi connectivity index (χ3n) is 2.84. The maximum atomic E-state index is 11.5. The van der Waals surface area contributed by atoms with E-state index in [1.54, 1.807) is 0 Å². The fourth-order valence-corrected chi connectivity index (χ4v) is 1.52. The summed E-state index contributed by atoms with van der Waals surface area (Å²) in [5.41, 5.74) is -0.215. The van der Waals surface area contributed by atoms with Gasteiger partial charge in [0.25, 0.3) is 0 Å². The molecule has 1 aromatic carbocycles. The Hall–Kier alpha value is -2.04. The average Bonchev–Trinajstić information content (AvgIpc) is 3.02. The Morgan fingerprint density at radius 1 is 1.41 bits per heavy atom. The Morgan fingerprint density at radius 3 is 2.59 bits per heavy atom. The second-order valence-corrected chi connectivity index (χ2v) is 4.21. The number of carbonyl (C=O) groups is 2. The average molecular weight is 235 g/mol. The van der Waals surface area contributed by atoms with Crippen LogP contribution in [0, 0.1) is 0 Å². The number of ether oxygens (including phenoxy) is 1. The van der Waals surface area contributed by atoms with Crippen molar-refractivity contribution in [1.82, 2.24) is 4.90 Å². The van der Waals surface area contributed by atoms with Gasteiger partial charge in [0.2, 0.25) is 0 Å². The summed E-state index contributed by atoms with van der Waals surface area (Å²) in [6.45, 7) is 1.86. The number of aliphatic carboxylic acids is 1. The van der Waals surface area contributed by atoms with Crippen LogP contribution in [0.4, 0.5) is 4.79 Å². The molecule has 1 aromatic rings. The molecule has 1 unspecified atom stereocenters.